The zero-order valence-electron chi connectivity index (χ0n) is 23.1. The van der Waals surface area contributed by atoms with Crippen molar-refractivity contribution in [3.8, 4) is 0 Å². The smallest absolute Gasteiger partial charge is 0.308 e. The third-order valence-corrected chi connectivity index (χ3v) is 8.77. The molecule has 0 saturated heterocycles. The highest BCUT2D eigenvalue weighted by atomic mass is 16.5. The number of ether oxygens (including phenoxy) is 1. The Morgan fingerprint density at radius 3 is 2.46 bits per heavy atom. The van der Waals surface area contributed by atoms with E-state index < -0.39 is 0 Å². The van der Waals surface area contributed by atoms with Gasteiger partial charge in [-0.3, -0.25) is 14.6 Å². The first-order valence-electron chi connectivity index (χ1n) is 13.7. The van der Waals surface area contributed by atoms with E-state index in [1.54, 1.807) is 5.57 Å². The second-order valence-corrected chi connectivity index (χ2v) is 12.4. The average molecular weight is 501 g/mol. The van der Waals surface area contributed by atoms with Crippen LogP contribution in [0.2, 0.25) is 0 Å². The van der Waals surface area contributed by atoms with E-state index in [-0.39, 0.29) is 35.2 Å². The third-order valence-electron chi connectivity index (χ3n) is 8.77. The molecule has 1 aromatic carbocycles. The Bertz CT molecular complexity index is 1210. The van der Waals surface area contributed by atoms with Gasteiger partial charge in [-0.2, -0.15) is 0 Å². The number of rotatable bonds is 5. The summed E-state index contributed by atoms with van der Waals surface area (Å²) in [4.78, 5) is 31.9. The van der Waals surface area contributed by atoms with Crippen LogP contribution in [0.1, 0.15) is 82.9 Å². The molecule has 37 heavy (non-hydrogen) atoms. The van der Waals surface area contributed by atoms with E-state index in [4.69, 9.17) is 9.73 Å². The van der Waals surface area contributed by atoms with Gasteiger partial charge in [0, 0.05) is 31.0 Å². The van der Waals surface area contributed by atoms with Gasteiger partial charge in [0.05, 0.1) is 24.8 Å². The number of carbonyl (C=O) groups excluding carboxylic acids is 2. The van der Waals surface area contributed by atoms with Crippen LogP contribution in [0.15, 0.2) is 63.8 Å². The predicted octanol–water partition coefficient (Wildman–Crippen LogP) is 6.54. The van der Waals surface area contributed by atoms with Crippen LogP contribution in [0.25, 0.3) is 0 Å². The lowest BCUT2D eigenvalue weighted by Crippen LogP contribution is -2.46. The molecule has 1 amide bonds. The van der Waals surface area contributed by atoms with Crippen LogP contribution in [0.4, 0.5) is 0 Å². The van der Waals surface area contributed by atoms with Crippen molar-refractivity contribution in [2.75, 3.05) is 14.2 Å². The minimum Gasteiger partial charge on any atom is -0.469 e. The van der Waals surface area contributed by atoms with Crippen LogP contribution >= 0.6 is 0 Å². The Hall–Kier alpha value is -2.95. The molecule has 0 spiro atoms. The molecule has 0 N–H and O–H groups in total. The molecule has 5 rings (SSSR count). The number of dihydropyridines is 1. The lowest BCUT2D eigenvalue weighted by molar-refractivity contribution is -0.155. The quantitative estimate of drug-likeness (QED) is 0.431. The number of esters is 1. The maximum atomic E-state index is 13.4. The zero-order chi connectivity index (χ0) is 26.5. The van der Waals surface area contributed by atoms with Gasteiger partial charge in [-0.1, -0.05) is 62.3 Å². The van der Waals surface area contributed by atoms with Gasteiger partial charge in [0.2, 0.25) is 5.91 Å². The summed E-state index contributed by atoms with van der Waals surface area (Å²) in [6, 6.07) is 8.90. The second-order valence-electron chi connectivity index (χ2n) is 12.4. The summed E-state index contributed by atoms with van der Waals surface area (Å²) in [5.41, 5.74) is 7.79. The minimum absolute atomic E-state index is 0.0529. The number of methoxy groups -OCH3 is 1. The summed E-state index contributed by atoms with van der Waals surface area (Å²) in [5.74, 6) is 0.391. The summed E-state index contributed by atoms with van der Waals surface area (Å²) < 4.78 is 4.85. The van der Waals surface area contributed by atoms with Crippen LogP contribution < -0.4 is 0 Å². The molecule has 1 aromatic rings. The molecule has 1 heterocycles. The number of amides is 1. The Kier molecular flexibility index (Phi) is 6.76. The Morgan fingerprint density at radius 1 is 1.11 bits per heavy atom. The first kappa shape index (κ1) is 25.7. The maximum absolute atomic E-state index is 13.4. The maximum Gasteiger partial charge on any atom is 0.308 e. The normalized spacial score (nSPS) is 27.4. The van der Waals surface area contributed by atoms with Crippen molar-refractivity contribution >= 4 is 18.1 Å². The van der Waals surface area contributed by atoms with Crippen LogP contribution in [0.3, 0.4) is 0 Å². The van der Waals surface area contributed by atoms with Crippen molar-refractivity contribution in [1.82, 2.24) is 4.90 Å². The van der Waals surface area contributed by atoms with E-state index in [2.05, 4.69) is 70.3 Å². The molecule has 5 nitrogen and oxygen atoms in total. The number of nitrogens with zero attached hydrogens (tertiary/aromatic N) is 2. The van der Waals surface area contributed by atoms with E-state index in [0.717, 1.165) is 18.4 Å². The SMILES string of the molecule is COC(=O)C1CC(C(=O)N(C)[C@@H](c2ccc(C3CCCC4=C3C=NC3=CC(C)=CC34)cc2)C(C)(C)C)C1. The zero-order valence-corrected chi connectivity index (χ0v) is 23.1. The van der Waals surface area contributed by atoms with E-state index >= 15 is 0 Å². The molecule has 1 saturated carbocycles. The number of benzene rings is 1. The van der Waals surface area contributed by atoms with Crippen molar-refractivity contribution < 1.29 is 14.3 Å². The predicted molar refractivity (Wildman–Crippen MR) is 147 cm³/mol. The number of allylic oxidation sites excluding steroid dienone is 4. The summed E-state index contributed by atoms with van der Waals surface area (Å²) in [5, 5.41) is 0. The highest BCUT2D eigenvalue weighted by Gasteiger charge is 2.43. The van der Waals surface area contributed by atoms with Gasteiger partial charge < -0.3 is 9.64 Å². The topological polar surface area (TPSA) is 59.0 Å². The summed E-state index contributed by atoms with van der Waals surface area (Å²) in [7, 11) is 3.33. The van der Waals surface area contributed by atoms with Crippen LogP contribution in [-0.2, 0) is 14.3 Å². The second kappa shape index (κ2) is 9.74. The van der Waals surface area contributed by atoms with E-state index in [9.17, 15) is 9.59 Å². The fourth-order valence-corrected chi connectivity index (χ4v) is 6.94. The van der Waals surface area contributed by atoms with Crippen LogP contribution in [0, 0.1) is 23.2 Å². The fourth-order valence-electron chi connectivity index (χ4n) is 6.94. The number of carbonyl (C=O) groups is 2. The molecule has 0 radical (unpaired) electrons. The molecule has 1 aliphatic heterocycles. The molecule has 1 fully saturated rings. The average Bonchev–Trinajstić information content (AvgIpc) is 3.23. The van der Waals surface area contributed by atoms with E-state index in [0.29, 0.717) is 24.7 Å². The first-order chi connectivity index (χ1) is 17.6. The summed E-state index contributed by atoms with van der Waals surface area (Å²) >= 11 is 0. The summed E-state index contributed by atoms with van der Waals surface area (Å²) in [6.07, 6.45) is 11.4. The van der Waals surface area contributed by atoms with E-state index in [1.807, 2.05) is 11.9 Å². The molecule has 2 unspecified atom stereocenters. The van der Waals surface area contributed by atoms with Gasteiger partial charge in [0.1, 0.15) is 0 Å². The first-order valence-corrected chi connectivity index (χ1v) is 13.7. The molecule has 0 bridgehead atoms. The number of hydrogen-bond donors (Lipinski definition) is 0. The molecule has 3 atom stereocenters. The molecule has 0 aromatic heterocycles. The highest BCUT2D eigenvalue weighted by molar-refractivity contribution is 5.86. The van der Waals surface area contributed by atoms with Crippen LogP contribution in [0.5, 0.6) is 0 Å². The van der Waals surface area contributed by atoms with Gasteiger partial charge in [-0.25, -0.2) is 0 Å². The van der Waals surface area contributed by atoms with Crippen molar-refractivity contribution in [1.29, 1.82) is 0 Å². The number of aliphatic imine (C=N–C) groups is 1. The van der Waals surface area contributed by atoms with Crippen molar-refractivity contribution in [2.24, 2.45) is 28.2 Å². The number of fused-ring (bicyclic) bond motifs is 2. The van der Waals surface area contributed by atoms with E-state index in [1.165, 1.54) is 35.9 Å². The highest BCUT2D eigenvalue weighted by Crippen LogP contribution is 2.47. The summed E-state index contributed by atoms with van der Waals surface area (Å²) in [6.45, 7) is 8.72. The Labute approximate surface area is 221 Å². The minimum atomic E-state index is -0.204. The molecular weight excluding hydrogens is 460 g/mol. The lowest BCUT2D eigenvalue weighted by atomic mass is 9.72. The molecule has 5 heteroatoms. The number of hydrogen-bond acceptors (Lipinski definition) is 4. The van der Waals surface area contributed by atoms with Crippen molar-refractivity contribution in [3.63, 3.8) is 0 Å². The standard InChI is InChI=1S/C32H40N2O3/c1-19-14-26-25-9-7-8-24(27(25)18-33-28(26)15-19)20-10-12-21(13-11-20)29(32(2,3)4)34(5)30(35)22-16-23(17-22)31(36)37-6/h10-15,18,22-24,26,29H,7-9,16-17H2,1-6H3/t22?,23?,24?,26?,29-/m0/s1. The Morgan fingerprint density at radius 2 is 1.81 bits per heavy atom. The van der Waals surface area contributed by atoms with Crippen molar-refractivity contribution in [3.05, 3.63) is 70.0 Å². The van der Waals surface area contributed by atoms with Gasteiger partial charge in [0.15, 0.2) is 0 Å². The van der Waals surface area contributed by atoms with Crippen LogP contribution in [-0.4, -0.2) is 37.1 Å². The van der Waals surface area contributed by atoms with Gasteiger partial charge in [0.25, 0.3) is 0 Å². The van der Waals surface area contributed by atoms with Crippen molar-refractivity contribution in [2.45, 2.75) is 71.8 Å². The van der Waals surface area contributed by atoms with Gasteiger partial charge >= 0.3 is 5.97 Å². The molecular formula is C32H40N2O3. The van der Waals surface area contributed by atoms with Gasteiger partial charge in [-0.05, 0) is 67.2 Å². The fraction of sp³-hybridized carbons (Fsp3) is 0.531. The molecule has 3 aliphatic carbocycles. The Balaban J connectivity index is 1.36. The molecule has 196 valence electrons. The lowest BCUT2D eigenvalue weighted by Gasteiger charge is -2.42. The third kappa shape index (κ3) is 4.73. The molecule has 4 aliphatic rings. The largest absolute Gasteiger partial charge is 0.469 e. The monoisotopic (exact) mass is 500 g/mol. The van der Waals surface area contributed by atoms with Gasteiger partial charge in [-0.15, -0.1) is 0 Å².